The second-order valence-corrected chi connectivity index (χ2v) is 4.18. The van der Waals surface area contributed by atoms with Gasteiger partial charge in [-0.1, -0.05) is 42.5 Å². The SMILES string of the molecule is NC(c1cnccn1)c1cccc2ccccc12. The number of benzene rings is 2. The summed E-state index contributed by atoms with van der Waals surface area (Å²) < 4.78 is 0. The number of rotatable bonds is 2. The monoisotopic (exact) mass is 235 g/mol. The van der Waals surface area contributed by atoms with Crippen LogP contribution in [-0.4, -0.2) is 9.97 Å². The third-order valence-electron chi connectivity index (χ3n) is 3.06. The first-order valence-corrected chi connectivity index (χ1v) is 5.85. The molecule has 0 fully saturated rings. The van der Waals surface area contributed by atoms with Crippen LogP contribution in [0.3, 0.4) is 0 Å². The zero-order chi connectivity index (χ0) is 12.4. The molecule has 0 aliphatic carbocycles. The second-order valence-electron chi connectivity index (χ2n) is 4.18. The van der Waals surface area contributed by atoms with Crippen molar-refractivity contribution in [3.63, 3.8) is 0 Å². The van der Waals surface area contributed by atoms with Crippen molar-refractivity contribution in [1.29, 1.82) is 0 Å². The minimum Gasteiger partial charge on any atom is -0.319 e. The Morgan fingerprint density at radius 2 is 1.78 bits per heavy atom. The van der Waals surface area contributed by atoms with Crippen LogP contribution in [-0.2, 0) is 0 Å². The van der Waals surface area contributed by atoms with E-state index in [-0.39, 0.29) is 6.04 Å². The Balaban J connectivity index is 2.15. The highest BCUT2D eigenvalue weighted by Gasteiger charge is 2.12. The molecular formula is C15H13N3. The second kappa shape index (κ2) is 4.55. The molecule has 3 heteroatoms. The molecule has 2 N–H and O–H groups in total. The predicted molar refractivity (Wildman–Crippen MR) is 72.0 cm³/mol. The standard InChI is InChI=1S/C15H13N3/c16-15(14-10-17-8-9-18-14)13-7-3-5-11-4-1-2-6-12(11)13/h1-10,15H,16H2. The summed E-state index contributed by atoms with van der Waals surface area (Å²) in [5, 5.41) is 2.35. The van der Waals surface area contributed by atoms with Crippen molar-refractivity contribution in [3.8, 4) is 0 Å². The topological polar surface area (TPSA) is 51.8 Å². The molecule has 3 rings (SSSR count). The lowest BCUT2D eigenvalue weighted by atomic mass is 9.97. The number of nitrogens with two attached hydrogens (primary N) is 1. The minimum atomic E-state index is -0.246. The molecule has 1 aromatic heterocycles. The molecule has 3 aromatic rings. The van der Waals surface area contributed by atoms with Crippen molar-refractivity contribution in [2.75, 3.05) is 0 Å². The van der Waals surface area contributed by atoms with E-state index < -0.39 is 0 Å². The van der Waals surface area contributed by atoms with Gasteiger partial charge >= 0.3 is 0 Å². The van der Waals surface area contributed by atoms with Crippen molar-refractivity contribution >= 4 is 10.8 Å². The summed E-state index contributed by atoms with van der Waals surface area (Å²) in [4.78, 5) is 8.34. The summed E-state index contributed by atoms with van der Waals surface area (Å²) in [5.41, 5.74) is 8.14. The van der Waals surface area contributed by atoms with Crippen LogP contribution in [0.5, 0.6) is 0 Å². The Labute approximate surface area is 105 Å². The van der Waals surface area contributed by atoms with Gasteiger partial charge in [0.15, 0.2) is 0 Å². The highest BCUT2D eigenvalue weighted by Crippen LogP contribution is 2.25. The first-order chi connectivity index (χ1) is 8.86. The highest BCUT2D eigenvalue weighted by molar-refractivity contribution is 5.86. The van der Waals surface area contributed by atoms with Gasteiger partial charge in [0.1, 0.15) is 0 Å². The average Bonchev–Trinajstić information content (AvgIpc) is 2.47. The lowest BCUT2D eigenvalue weighted by molar-refractivity contribution is 0.825. The van der Waals surface area contributed by atoms with Crippen molar-refractivity contribution < 1.29 is 0 Å². The van der Waals surface area contributed by atoms with Gasteiger partial charge in [-0.05, 0) is 16.3 Å². The Kier molecular flexibility index (Phi) is 2.74. The molecule has 1 heterocycles. The summed E-state index contributed by atoms with van der Waals surface area (Å²) in [7, 11) is 0. The maximum atomic E-state index is 6.28. The zero-order valence-corrected chi connectivity index (χ0v) is 9.82. The fourth-order valence-electron chi connectivity index (χ4n) is 2.15. The van der Waals surface area contributed by atoms with Gasteiger partial charge in [-0.2, -0.15) is 0 Å². The van der Waals surface area contributed by atoms with E-state index in [4.69, 9.17) is 5.73 Å². The lowest BCUT2D eigenvalue weighted by Gasteiger charge is -2.13. The molecular weight excluding hydrogens is 222 g/mol. The molecule has 0 spiro atoms. The van der Waals surface area contributed by atoms with Gasteiger partial charge in [0.2, 0.25) is 0 Å². The van der Waals surface area contributed by atoms with E-state index >= 15 is 0 Å². The Hall–Kier alpha value is -2.26. The highest BCUT2D eigenvalue weighted by atomic mass is 14.8. The Morgan fingerprint density at radius 3 is 2.61 bits per heavy atom. The molecule has 0 radical (unpaired) electrons. The van der Waals surface area contributed by atoms with Gasteiger partial charge in [0.25, 0.3) is 0 Å². The van der Waals surface area contributed by atoms with E-state index in [1.54, 1.807) is 18.6 Å². The minimum absolute atomic E-state index is 0.246. The van der Waals surface area contributed by atoms with E-state index in [1.807, 2.05) is 24.3 Å². The van der Waals surface area contributed by atoms with Gasteiger partial charge in [0.05, 0.1) is 17.9 Å². The third kappa shape index (κ3) is 1.85. The summed E-state index contributed by atoms with van der Waals surface area (Å²) >= 11 is 0. The Morgan fingerprint density at radius 1 is 0.944 bits per heavy atom. The van der Waals surface area contributed by atoms with Crippen molar-refractivity contribution in [2.45, 2.75) is 6.04 Å². The summed E-state index contributed by atoms with van der Waals surface area (Å²) in [5.74, 6) is 0. The molecule has 0 amide bonds. The molecule has 88 valence electrons. The quantitative estimate of drug-likeness (QED) is 0.743. The fourth-order valence-corrected chi connectivity index (χ4v) is 2.15. The summed E-state index contributed by atoms with van der Waals surface area (Å²) in [6, 6.07) is 14.1. The molecule has 0 saturated carbocycles. The molecule has 1 atom stereocenters. The third-order valence-corrected chi connectivity index (χ3v) is 3.06. The van der Waals surface area contributed by atoms with Crippen LogP contribution < -0.4 is 5.73 Å². The van der Waals surface area contributed by atoms with E-state index in [2.05, 4.69) is 28.2 Å². The molecule has 2 aromatic carbocycles. The van der Waals surface area contributed by atoms with Gasteiger partial charge in [-0.3, -0.25) is 9.97 Å². The molecule has 18 heavy (non-hydrogen) atoms. The summed E-state index contributed by atoms with van der Waals surface area (Å²) in [6.07, 6.45) is 5.03. The van der Waals surface area contributed by atoms with E-state index in [0.29, 0.717) is 0 Å². The maximum Gasteiger partial charge on any atom is 0.0799 e. The van der Waals surface area contributed by atoms with Crippen molar-refractivity contribution in [2.24, 2.45) is 5.73 Å². The van der Waals surface area contributed by atoms with E-state index in [0.717, 1.165) is 16.6 Å². The normalized spacial score (nSPS) is 12.5. The number of hydrogen-bond acceptors (Lipinski definition) is 3. The smallest absolute Gasteiger partial charge is 0.0799 e. The largest absolute Gasteiger partial charge is 0.319 e. The molecule has 0 aliphatic heterocycles. The van der Waals surface area contributed by atoms with Gasteiger partial charge in [-0.15, -0.1) is 0 Å². The van der Waals surface area contributed by atoms with Crippen LogP contribution in [0.1, 0.15) is 17.3 Å². The fraction of sp³-hybridized carbons (Fsp3) is 0.0667. The van der Waals surface area contributed by atoms with Crippen LogP contribution in [0, 0.1) is 0 Å². The van der Waals surface area contributed by atoms with Crippen LogP contribution in [0.4, 0.5) is 0 Å². The predicted octanol–water partition coefficient (Wildman–Crippen LogP) is 2.68. The van der Waals surface area contributed by atoms with Gasteiger partial charge in [0, 0.05) is 12.4 Å². The number of fused-ring (bicyclic) bond motifs is 1. The van der Waals surface area contributed by atoms with Crippen molar-refractivity contribution in [1.82, 2.24) is 9.97 Å². The molecule has 0 saturated heterocycles. The van der Waals surface area contributed by atoms with Gasteiger partial charge < -0.3 is 5.73 Å². The number of nitrogens with zero attached hydrogens (tertiary/aromatic N) is 2. The number of aromatic nitrogens is 2. The lowest BCUT2D eigenvalue weighted by Crippen LogP contribution is -2.14. The van der Waals surface area contributed by atoms with E-state index in [1.165, 1.54) is 5.39 Å². The Bertz CT molecular complexity index is 659. The molecule has 0 aliphatic rings. The number of hydrogen-bond donors (Lipinski definition) is 1. The molecule has 1 unspecified atom stereocenters. The maximum absolute atomic E-state index is 6.28. The van der Waals surface area contributed by atoms with Crippen LogP contribution >= 0.6 is 0 Å². The van der Waals surface area contributed by atoms with Gasteiger partial charge in [-0.25, -0.2) is 0 Å². The van der Waals surface area contributed by atoms with Crippen LogP contribution in [0.15, 0.2) is 61.1 Å². The van der Waals surface area contributed by atoms with Crippen LogP contribution in [0.2, 0.25) is 0 Å². The van der Waals surface area contributed by atoms with Crippen LogP contribution in [0.25, 0.3) is 10.8 Å². The first-order valence-electron chi connectivity index (χ1n) is 5.85. The van der Waals surface area contributed by atoms with Crippen molar-refractivity contribution in [3.05, 3.63) is 72.3 Å². The zero-order valence-electron chi connectivity index (χ0n) is 9.82. The molecule has 3 nitrogen and oxygen atoms in total. The molecule has 0 bridgehead atoms. The average molecular weight is 235 g/mol. The summed E-state index contributed by atoms with van der Waals surface area (Å²) in [6.45, 7) is 0. The first kappa shape index (κ1) is 10.9. The van der Waals surface area contributed by atoms with E-state index in [9.17, 15) is 0 Å².